The summed E-state index contributed by atoms with van der Waals surface area (Å²) in [5.41, 5.74) is 4.56. The van der Waals surface area contributed by atoms with Crippen molar-refractivity contribution < 1.29 is 30.7 Å². The van der Waals surface area contributed by atoms with Crippen LogP contribution in [0.15, 0.2) is 51.3 Å². The van der Waals surface area contributed by atoms with E-state index in [1.54, 1.807) is 17.6 Å². The molecule has 1 atom stereocenters. The summed E-state index contributed by atoms with van der Waals surface area (Å²) in [4.78, 5) is 0. The summed E-state index contributed by atoms with van der Waals surface area (Å²) in [6.45, 7) is 7.02. The van der Waals surface area contributed by atoms with Gasteiger partial charge in [0.15, 0.2) is 0 Å². The number of halogens is 2. The summed E-state index contributed by atoms with van der Waals surface area (Å²) in [6, 6.07) is 8.94. The Labute approximate surface area is 133 Å². The van der Waals surface area contributed by atoms with Crippen LogP contribution in [0.1, 0.15) is 41.9 Å². The number of allylic oxidation sites excluding steroid dienone is 5. The predicted octanol–water partition coefficient (Wildman–Crippen LogP) is -1.17. The molecule has 0 bridgehead atoms. The SMILES string of the molecule is CC1=[C]([Zr+2](=[C](C)C)[CH]2C=Cc3ccccc32)CC=C1.[F-].[F-]. The van der Waals surface area contributed by atoms with Crippen molar-refractivity contribution in [3.05, 3.63) is 62.5 Å². The number of benzene rings is 1. The van der Waals surface area contributed by atoms with Crippen molar-refractivity contribution >= 4 is 9.28 Å². The molecule has 0 heterocycles. The zero-order valence-corrected chi connectivity index (χ0v) is 15.1. The van der Waals surface area contributed by atoms with E-state index in [1.165, 1.54) is 12.0 Å². The Hall–Kier alpha value is -0.947. The summed E-state index contributed by atoms with van der Waals surface area (Å²) in [7, 11) is 0. The van der Waals surface area contributed by atoms with Gasteiger partial charge in [-0.05, 0) is 0 Å². The molecule has 0 radical (unpaired) electrons. The van der Waals surface area contributed by atoms with Gasteiger partial charge >= 0.3 is 124 Å². The third-order valence-corrected chi connectivity index (χ3v) is 12.6. The molecule has 0 aliphatic heterocycles. The summed E-state index contributed by atoms with van der Waals surface area (Å²) < 4.78 is 4.23. The fourth-order valence-electron chi connectivity index (χ4n) is 3.24. The van der Waals surface area contributed by atoms with Crippen LogP contribution in [0.25, 0.3) is 6.08 Å². The third-order valence-electron chi connectivity index (χ3n) is 4.14. The van der Waals surface area contributed by atoms with Gasteiger partial charge in [-0.15, -0.1) is 0 Å². The van der Waals surface area contributed by atoms with Gasteiger partial charge < -0.3 is 9.41 Å². The molecule has 0 N–H and O–H groups in total. The predicted molar refractivity (Wildman–Crippen MR) is 81.0 cm³/mol. The monoisotopic (exact) mass is 364 g/mol. The van der Waals surface area contributed by atoms with E-state index in [1.807, 2.05) is 0 Å². The van der Waals surface area contributed by atoms with Crippen LogP contribution in [0.2, 0.25) is 0 Å². The maximum absolute atomic E-state index is 2.48. The van der Waals surface area contributed by atoms with Gasteiger partial charge in [-0.2, -0.15) is 0 Å². The normalized spacial score (nSPS) is 17.7. The first-order chi connectivity index (χ1) is 9.18. The molecule has 0 saturated carbocycles. The van der Waals surface area contributed by atoms with Crippen molar-refractivity contribution in [2.45, 2.75) is 30.8 Å². The molecule has 1 unspecified atom stereocenters. The molecule has 3 rings (SSSR count). The van der Waals surface area contributed by atoms with Crippen LogP contribution in [0.4, 0.5) is 0 Å². The number of hydrogen-bond donors (Lipinski definition) is 0. The average molecular weight is 366 g/mol. The minimum Gasteiger partial charge on any atom is -1.00 e. The van der Waals surface area contributed by atoms with Crippen molar-refractivity contribution in [1.82, 2.24) is 0 Å². The van der Waals surface area contributed by atoms with Crippen LogP contribution < -0.4 is 9.41 Å². The average Bonchev–Trinajstić information content (AvgIpc) is 2.98. The zero-order valence-electron chi connectivity index (χ0n) is 12.7. The van der Waals surface area contributed by atoms with Crippen molar-refractivity contribution in [2.75, 3.05) is 0 Å². The summed E-state index contributed by atoms with van der Waals surface area (Å²) in [5.74, 6) is 0. The van der Waals surface area contributed by atoms with Crippen molar-refractivity contribution in [2.24, 2.45) is 0 Å². The van der Waals surface area contributed by atoms with E-state index in [4.69, 9.17) is 0 Å². The van der Waals surface area contributed by atoms with Gasteiger partial charge in [-0.25, -0.2) is 0 Å². The van der Waals surface area contributed by atoms with Crippen molar-refractivity contribution in [1.29, 1.82) is 0 Å². The molecule has 0 saturated heterocycles. The van der Waals surface area contributed by atoms with Crippen LogP contribution in [0, 0.1) is 0 Å². The molecule has 0 spiro atoms. The van der Waals surface area contributed by atoms with Crippen LogP contribution in [0.3, 0.4) is 0 Å². The van der Waals surface area contributed by atoms with E-state index >= 15 is 0 Å². The Morgan fingerprint density at radius 3 is 2.43 bits per heavy atom. The number of fused-ring (bicyclic) bond motifs is 1. The summed E-state index contributed by atoms with van der Waals surface area (Å²) in [6.07, 6.45) is 10.7. The summed E-state index contributed by atoms with van der Waals surface area (Å²) >= 11 is -1.73. The minimum atomic E-state index is -1.73. The Morgan fingerprint density at radius 2 is 1.81 bits per heavy atom. The number of hydrogen-bond acceptors (Lipinski definition) is 0. The molecule has 0 fully saturated rings. The first-order valence-electron chi connectivity index (χ1n) is 6.99. The molecule has 0 nitrogen and oxygen atoms in total. The molecule has 1 aromatic carbocycles. The molecule has 21 heavy (non-hydrogen) atoms. The van der Waals surface area contributed by atoms with Gasteiger partial charge in [0.2, 0.25) is 0 Å². The van der Waals surface area contributed by atoms with Gasteiger partial charge in [0.05, 0.1) is 0 Å². The van der Waals surface area contributed by atoms with E-state index < -0.39 is 21.3 Å². The van der Waals surface area contributed by atoms with Crippen LogP contribution in [0.5, 0.6) is 0 Å². The number of rotatable bonds is 2. The molecule has 0 aromatic heterocycles. The fourth-order valence-corrected chi connectivity index (χ4v) is 11.4. The quantitative estimate of drug-likeness (QED) is 0.620. The zero-order chi connectivity index (χ0) is 13.4. The maximum atomic E-state index is 2.48. The second-order valence-corrected chi connectivity index (χ2v) is 13.2. The second-order valence-electron chi connectivity index (χ2n) is 5.65. The van der Waals surface area contributed by atoms with E-state index in [-0.39, 0.29) is 9.41 Å². The Kier molecular flexibility index (Phi) is 6.34. The van der Waals surface area contributed by atoms with Gasteiger partial charge in [0.25, 0.3) is 0 Å². The second kappa shape index (κ2) is 7.36. The van der Waals surface area contributed by atoms with Crippen molar-refractivity contribution in [3.63, 3.8) is 0 Å². The molecule has 2 aliphatic rings. The van der Waals surface area contributed by atoms with Crippen molar-refractivity contribution in [3.8, 4) is 0 Å². The first kappa shape index (κ1) is 18.1. The molecular formula is C18H20F2Zr. The first-order valence-corrected chi connectivity index (χ1v) is 10.9. The van der Waals surface area contributed by atoms with Gasteiger partial charge in [0, 0.05) is 0 Å². The molecule has 3 heteroatoms. The third kappa shape index (κ3) is 3.29. The minimum absolute atomic E-state index is 0. The van der Waals surface area contributed by atoms with Crippen LogP contribution in [-0.2, 0) is 21.3 Å². The Balaban J connectivity index is 0.00000110. The molecule has 110 valence electrons. The smallest absolute Gasteiger partial charge is 1.00 e. The van der Waals surface area contributed by atoms with E-state index in [0.717, 1.165) is 0 Å². The fraction of sp³-hybridized carbons (Fsp3) is 0.278. The Morgan fingerprint density at radius 1 is 1.10 bits per heavy atom. The van der Waals surface area contributed by atoms with E-state index in [2.05, 4.69) is 69.3 Å². The van der Waals surface area contributed by atoms with Crippen LogP contribution in [-0.4, -0.2) is 3.21 Å². The Bertz CT molecular complexity index is 647. The van der Waals surface area contributed by atoms with E-state index in [0.29, 0.717) is 3.63 Å². The largest absolute Gasteiger partial charge is 1.00 e. The maximum Gasteiger partial charge on any atom is -1.00 e. The molecular weight excluding hydrogens is 345 g/mol. The molecule has 2 aliphatic carbocycles. The van der Waals surface area contributed by atoms with E-state index in [9.17, 15) is 0 Å². The molecule has 1 aromatic rings. The van der Waals surface area contributed by atoms with Gasteiger partial charge in [0.1, 0.15) is 0 Å². The summed E-state index contributed by atoms with van der Waals surface area (Å²) in [5, 5.41) is 0. The topological polar surface area (TPSA) is 0 Å². The van der Waals surface area contributed by atoms with Crippen LogP contribution >= 0.6 is 0 Å². The van der Waals surface area contributed by atoms with Gasteiger partial charge in [-0.3, -0.25) is 0 Å². The van der Waals surface area contributed by atoms with Gasteiger partial charge in [-0.1, -0.05) is 0 Å². The standard InChI is InChI=1S/C9H7.C6H7.C3H6.2FH.Zr/c1-2-5-9-7-3-6-8(9)4-1;1-6-4-2-3-5-6;1-3-2;;;/h1-7H;2,4H,3H2,1H3;1-2H3;2*1H;/q;;;;;+2/p-2. The molecule has 0 amide bonds.